The molecule has 0 N–H and O–H groups in total. The highest BCUT2D eigenvalue weighted by atomic mass is 16.5. The van der Waals surface area contributed by atoms with Crippen LogP contribution in [0.15, 0.2) is 24.3 Å². The molecule has 1 aromatic rings. The van der Waals surface area contributed by atoms with Gasteiger partial charge in [-0.1, -0.05) is 19.1 Å². The van der Waals surface area contributed by atoms with Crippen LogP contribution >= 0.6 is 0 Å². The van der Waals surface area contributed by atoms with E-state index in [4.69, 9.17) is 4.74 Å². The largest absolute Gasteiger partial charge is 0.486 e. The van der Waals surface area contributed by atoms with E-state index in [2.05, 4.69) is 11.8 Å². The van der Waals surface area contributed by atoms with Gasteiger partial charge in [-0.05, 0) is 18.7 Å². The first-order valence-corrected chi connectivity index (χ1v) is 6.76. The first-order valence-electron chi connectivity index (χ1n) is 6.76. The van der Waals surface area contributed by atoms with Crippen LogP contribution in [0.4, 0.5) is 0 Å². The second-order valence-corrected chi connectivity index (χ2v) is 5.32. The number of Topliss-reactive ketones (excluding diaryl/α,β-unsaturated/α-hetero) is 1. The number of nitrogens with zero attached hydrogens (tertiary/aromatic N) is 1. The number of benzene rings is 1. The van der Waals surface area contributed by atoms with Crippen LogP contribution in [0.2, 0.25) is 0 Å². The number of hydrogen-bond donors (Lipinski definition) is 0. The number of ketones is 1. The van der Waals surface area contributed by atoms with Crippen molar-refractivity contribution >= 4 is 5.78 Å². The quantitative estimate of drug-likeness (QED) is 0.761. The van der Waals surface area contributed by atoms with Crippen molar-refractivity contribution in [3.8, 4) is 5.75 Å². The average molecular weight is 245 g/mol. The zero-order chi connectivity index (χ0) is 12.6. The third kappa shape index (κ3) is 1.93. The molecule has 2 aliphatic rings. The molecule has 2 aliphatic heterocycles. The number of ether oxygens (including phenoxy) is 1. The summed E-state index contributed by atoms with van der Waals surface area (Å²) in [5, 5.41) is 0. The molecule has 0 aromatic heterocycles. The Morgan fingerprint density at radius 1 is 1.28 bits per heavy atom. The number of piperidine rings is 1. The number of fused-ring (bicyclic) bond motifs is 1. The van der Waals surface area contributed by atoms with Gasteiger partial charge in [-0.2, -0.15) is 0 Å². The Labute approximate surface area is 108 Å². The summed E-state index contributed by atoms with van der Waals surface area (Å²) in [5.41, 5.74) is 0.512. The molecule has 1 fully saturated rings. The summed E-state index contributed by atoms with van der Waals surface area (Å²) in [4.78, 5) is 14.6. The van der Waals surface area contributed by atoms with Crippen LogP contribution in [0.1, 0.15) is 36.5 Å². The van der Waals surface area contributed by atoms with Crippen LogP contribution < -0.4 is 4.74 Å². The summed E-state index contributed by atoms with van der Waals surface area (Å²) in [5.74, 6) is 1.01. The van der Waals surface area contributed by atoms with Crippen molar-refractivity contribution in [1.29, 1.82) is 0 Å². The molecule has 3 nitrogen and oxygen atoms in total. The zero-order valence-corrected chi connectivity index (χ0v) is 10.8. The minimum atomic E-state index is -0.239. The predicted octanol–water partition coefficient (Wildman–Crippen LogP) is 2.51. The van der Waals surface area contributed by atoms with Crippen molar-refractivity contribution in [3.63, 3.8) is 0 Å². The van der Waals surface area contributed by atoms with Gasteiger partial charge in [0.1, 0.15) is 11.4 Å². The number of rotatable bonds is 1. The molecular formula is C15H19NO2. The minimum absolute atomic E-state index is 0.238. The van der Waals surface area contributed by atoms with Crippen molar-refractivity contribution in [2.24, 2.45) is 0 Å². The van der Waals surface area contributed by atoms with Gasteiger partial charge in [-0.3, -0.25) is 4.79 Å². The Morgan fingerprint density at radius 2 is 2.00 bits per heavy atom. The highest BCUT2D eigenvalue weighted by molar-refractivity contribution is 6.00. The second kappa shape index (κ2) is 4.39. The van der Waals surface area contributed by atoms with Crippen LogP contribution in [-0.2, 0) is 0 Å². The Balaban J connectivity index is 1.84. The first kappa shape index (κ1) is 11.7. The maximum Gasteiger partial charge on any atom is 0.170 e. The van der Waals surface area contributed by atoms with Crippen LogP contribution in [-0.4, -0.2) is 35.9 Å². The Bertz CT molecular complexity index is 461. The zero-order valence-electron chi connectivity index (χ0n) is 10.8. The molecule has 96 valence electrons. The van der Waals surface area contributed by atoms with E-state index in [1.165, 1.54) is 0 Å². The van der Waals surface area contributed by atoms with Crippen LogP contribution in [0.3, 0.4) is 0 Å². The van der Waals surface area contributed by atoms with E-state index in [1.807, 2.05) is 24.3 Å². The molecule has 0 radical (unpaired) electrons. The van der Waals surface area contributed by atoms with E-state index in [0.717, 1.165) is 43.8 Å². The number of para-hydroxylation sites is 1. The average Bonchev–Trinajstić information content (AvgIpc) is 2.40. The van der Waals surface area contributed by atoms with Gasteiger partial charge in [-0.15, -0.1) is 0 Å². The highest BCUT2D eigenvalue weighted by Gasteiger charge is 2.42. The van der Waals surface area contributed by atoms with E-state index in [9.17, 15) is 4.79 Å². The maximum absolute atomic E-state index is 12.2. The fourth-order valence-corrected chi connectivity index (χ4v) is 3.00. The Kier molecular flexibility index (Phi) is 2.86. The predicted molar refractivity (Wildman–Crippen MR) is 70.1 cm³/mol. The molecule has 1 aromatic carbocycles. The smallest absolute Gasteiger partial charge is 0.170 e. The highest BCUT2D eigenvalue weighted by Crippen LogP contribution is 2.38. The normalized spacial score (nSPS) is 22.6. The molecule has 2 heterocycles. The number of hydrogen-bond acceptors (Lipinski definition) is 3. The molecule has 1 saturated heterocycles. The molecule has 0 amide bonds. The SMILES string of the molecule is CCN1CCC2(CC1)CC(=O)c1ccccc1O2. The van der Waals surface area contributed by atoms with Gasteiger partial charge in [0.05, 0.1) is 12.0 Å². The lowest BCUT2D eigenvalue weighted by Gasteiger charge is -2.43. The van der Waals surface area contributed by atoms with Crippen molar-refractivity contribution in [1.82, 2.24) is 4.90 Å². The summed E-state index contributed by atoms with van der Waals surface area (Å²) in [6, 6.07) is 7.62. The Morgan fingerprint density at radius 3 is 2.72 bits per heavy atom. The summed E-state index contributed by atoms with van der Waals surface area (Å²) in [6.45, 7) is 5.33. The van der Waals surface area contributed by atoms with Crippen molar-refractivity contribution in [2.75, 3.05) is 19.6 Å². The molecule has 0 atom stereocenters. The third-order valence-electron chi connectivity index (χ3n) is 4.21. The van der Waals surface area contributed by atoms with E-state index in [-0.39, 0.29) is 11.4 Å². The van der Waals surface area contributed by atoms with Crippen molar-refractivity contribution in [2.45, 2.75) is 31.8 Å². The van der Waals surface area contributed by atoms with Crippen LogP contribution in [0, 0.1) is 0 Å². The minimum Gasteiger partial charge on any atom is -0.486 e. The molecule has 0 saturated carbocycles. The fraction of sp³-hybridized carbons (Fsp3) is 0.533. The van der Waals surface area contributed by atoms with Gasteiger partial charge in [-0.25, -0.2) is 0 Å². The van der Waals surface area contributed by atoms with E-state index >= 15 is 0 Å². The van der Waals surface area contributed by atoms with Gasteiger partial charge < -0.3 is 9.64 Å². The van der Waals surface area contributed by atoms with E-state index < -0.39 is 0 Å². The molecule has 0 aliphatic carbocycles. The summed E-state index contributed by atoms with van der Waals surface area (Å²) < 4.78 is 6.18. The van der Waals surface area contributed by atoms with E-state index in [0.29, 0.717) is 6.42 Å². The van der Waals surface area contributed by atoms with Gasteiger partial charge in [0, 0.05) is 25.9 Å². The molecule has 0 unspecified atom stereocenters. The van der Waals surface area contributed by atoms with Crippen LogP contribution in [0.5, 0.6) is 5.75 Å². The van der Waals surface area contributed by atoms with E-state index in [1.54, 1.807) is 0 Å². The molecule has 1 spiro atoms. The molecular weight excluding hydrogens is 226 g/mol. The summed E-state index contributed by atoms with van der Waals surface area (Å²) >= 11 is 0. The summed E-state index contributed by atoms with van der Waals surface area (Å²) in [6.07, 6.45) is 2.46. The lowest BCUT2D eigenvalue weighted by atomic mass is 9.82. The van der Waals surface area contributed by atoms with Crippen molar-refractivity contribution in [3.05, 3.63) is 29.8 Å². The van der Waals surface area contributed by atoms with Crippen molar-refractivity contribution < 1.29 is 9.53 Å². The van der Waals surface area contributed by atoms with Gasteiger partial charge in [0.2, 0.25) is 0 Å². The van der Waals surface area contributed by atoms with Gasteiger partial charge >= 0.3 is 0 Å². The lowest BCUT2D eigenvalue weighted by Crippen LogP contribution is -2.50. The second-order valence-electron chi connectivity index (χ2n) is 5.32. The molecule has 3 rings (SSSR count). The Hall–Kier alpha value is -1.35. The number of likely N-dealkylation sites (tertiary alicyclic amines) is 1. The monoisotopic (exact) mass is 245 g/mol. The van der Waals surface area contributed by atoms with Crippen LogP contribution in [0.25, 0.3) is 0 Å². The number of carbonyl (C=O) groups is 1. The topological polar surface area (TPSA) is 29.5 Å². The number of carbonyl (C=O) groups excluding carboxylic acids is 1. The first-order chi connectivity index (χ1) is 8.72. The molecule has 18 heavy (non-hydrogen) atoms. The maximum atomic E-state index is 12.2. The van der Waals surface area contributed by atoms with Gasteiger partial charge in [0.15, 0.2) is 5.78 Å². The third-order valence-corrected chi connectivity index (χ3v) is 4.21. The summed E-state index contributed by atoms with van der Waals surface area (Å²) in [7, 11) is 0. The van der Waals surface area contributed by atoms with Gasteiger partial charge in [0.25, 0.3) is 0 Å². The standard InChI is InChI=1S/C15H19NO2/c1-2-16-9-7-15(8-10-16)11-13(17)12-5-3-4-6-14(12)18-15/h3-6H,2,7-11H2,1H3. The fourth-order valence-electron chi connectivity index (χ4n) is 3.00. The molecule has 0 bridgehead atoms. The molecule has 3 heteroatoms. The lowest BCUT2D eigenvalue weighted by molar-refractivity contribution is -0.00780.